The summed E-state index contributed by atoms with van der Waals surface area (Å²) in [5.74, 6) is -0.291. The fourth-order valence-corrected chi connectivity index (χ4v) is 3.02. The second-order valence-corrected chi connectivity index (χ2v) is 6.92. The van der Waals surface area contributed by atoms with Crippen molar-refractivity contribution in [2.24, 2.45) is 0 Å². The van der Waals surface area contributed by atoms with Crippen LogP contribution >= 0.6 is 0 Å². The third-order valence-electron chi connectivity index (χ3n) is 3.98. The van der Waals surface area contributed by atoms with Crippen molar-refractivity contribution in [1.29, 1.82) is 0 Å². The summed E-state index contributed by atoms with van der Waals surface area (Å²) in [7, 11) is 0. The molecule has 1 aromatic carbocycles. The van der Waals surface area contributed by atoms with Crippen molar-refractivity contribution >= 4 is 6.03 Å². The standard InChI is InChI=1S/C18H22FN3O/c1-18(2,3)20-17(23)22-12-11-21-10-6-9-15(21)16(22)13-7-4-5-8-14(13)19/h4-10,16H,11-12H2,1-3H3,(H,20,23)/t16-/m1/s1. The summed E-state index contributed by atoms with van der Waals surface area (Å²) in [5.41, 5.74) is 1.12. The van der Waals surface area contributed by atoms with E-state index < -0.39 is 6.04 Å². The van der Waals surface area contributed by atoms with Crippen LogP contribution in [0.3, 0.4) is 0 Å². The normalized spacial score (nSPS) is 17.7. The van der Waals surface area contributed by atoms with Crippen molar-refractivity contribution in [3.05, 3.63) is 59.7 Å². The number of aromatic nitrogens is 1. The van der Waals surface area contributed by atoms with Crippen LogP contribution < -0.4 is 5.32 Å². The smallest absolute Gasteiger partial charge is 0.318 e. The van der Waals surface area contributed by atoms with Crippen molar-refractivity contribution in [2.75, 3.05) is 6.54 Å². The molecule has 1 aromatic heterocycles. The quantitative estimate of drug-likeness (QED) is 0.858. The molecule has 23 heavy (non-hydrogen) atoms. The molecule has 0 aliphatic carbocycles. The molecule has 0 fully saturated rings. The van der Waals surface area contributed by atoms with E-state index in [1.807, 2.05) is 39.1 Å². The number of amides is 2. The largest absolute Gasteiger partial charge is 0.348 e. The van der Waals surface area contributed by atoms with E-state index in [0.29, 0.717) is 18.7 Å². The van der Waals surface area contributed by atoms with Gasteiger partial charge in [-0.2, -0.15) is 0 Å². The summed E-state index contributed by atoms with van der Waals surface area (Å²) in [4.78, 5) is 14.4. The van der Waals surface area contributed by atoms with E-state index in [4.69, 9.17) is 0 Å². The molecule has 4 nitrogen and oxygen atoms in total. The van der Waals surface area contributed by atoms with Crippen LogP contribution in [0.15, 0.2) is 42.6 Å². The Labute approximate surface area is 135 Å². The highest BCUT2D eigenvalue weighted by atomic mass is 19.1. The predicted molar refractivity (Wildman–Crippen MR) is 87.7 cm³/mol. The van der Waals surface area contributed by atoms with Crippen LogP contribution in [0.2, 0.25) is 0 Å². The van der Waals surface area contributed by atoms with Crippen molar-refractivity contribution in [3.8, 4) is 0 Å². The average molecular weight is 315 g/mol. The van der Waals surface area contributed by atoms with Gasteiger partial charge in [0, 0.05) is 36.1 Å². The molecule has 0 saturated carbocycles. The van der Waals surface area contributed by atoms with Gasteiger partial charge in [-0.15, -0.1) is 0 Å². The summed E-state index contributed by atoms with van der Waals surface area (Å²) in [5, 5.41) is 2.99. The molecule has 1 N–H and O–H groups in total. The molecule has 1 atom stereocenters. The number of halogens is 1. The molecule has 122 valence electrons. The molecule has 1 aliphatic heterocycles. The fraction of sp³-hybridized carbons (Fsp3) is 0.389. The topological polar surface area (TPSA) is 37.3 Å². The Bertz CT molecular complexity index is 717. The molecule has 1 aliphatic rings. The molecule has 0 unspecified atom stereocenters. The highest BCUT2D eigenvalue weighted by molar-refractivity contribution is 5.76. The predicted octanol–water partition coefficient (Wildman–Crippen LogP) is 3.54. The summed E-state index contributed by atoms with van der Waals surface area (Å²) in [6.45, 7) is 7.08. The first kappa shape index (κ1) is 15.6. The summed E-state index contributed by atoms with van der Waals surface area (Å²) in [6, 6.07) is 9.97. The van der Waals surface area contributed by atoms with Crippen molar-refractivity contribution in [1.82, 2.24) is 14.8 Å². The van der Waals surface area contributed by atoms with E-state index in [9.17, 15) is 9.18 Å². The van der Waals surface area contributed by atoms with Gasteiger partial charge < -0.3 is 14.8 Å². The number of fused-ring (bicyclic) bond motifs is 1. The highest BCUT2D eigenvalue weighted by Crippen LogP contribution is 2.33. The molecule has 0 saturated heterocycles. The number of benzene rings is 1. The lowest BCUT2D eigenvalue weighted by atomic mass is 9.99. The van der Waals surface area contributed by atoms with Gasteiger partial charge >= 0.3 is 6.03 Å². The number of hydrogen-bond donors (Lipinski definition) is 1. The monoisotopic (exact) mass is 315 g/mol. The van der Waals surface area contributed by atoms with E-state index >= 15 is 0 Å². The van der Waals surface area contributed by atoms with Gasteiger partial charge in [-0.3, -0.25) is 0 Å². The molecular formula is C18H22FN3O. The minimum atomic E-state index is -0.415. The molecule has 2 amide bonds. The lowest BCUT2D eigenvalue weighted by molar-refractivity contribution is 0.159. The number of carbonyl (C=O) groups is 1. The summed E-state index contributed by atoms with van der Waals surface area (Å²) in [6.07, 6.45) is 1.97. The van der Waals surface area contributed by atoms with E-state index in [-0.39, 0.29) is 17.4 Å². The number of urea groups is 1. The molecule has 0 bridgehead atoms. The molecule has 2 aromatic rings. The van der Waals surface area contributed by atoms with Crippen molar-refractivity contribution < 1.29 is 9.18 Å². The Hall–Kier alpha value is -2.30. The van der Waals surface area contributed by atoms with Crippen LogP contribution in [0.4, 0.5) is 9.18 Å². The van der Waals surface area contributed by atoms with Gasteiger partial charge in [0.05, 0.1) is 0 Å². The van der Waals surface area contributed by atoms with E-state index in [0.717, 1.165) is 5.69 Å². The maximum Gasteiger partial charge on any atom is 0.318 e. The van der Waals surface area contributed by atoms with Gasteiger partial charge in [0.15, 0.2) is 0 Å². The third kappa shape index (κ3) is 3.09. The Morgan fingerprint density at radius 1 is 1.17 bits per heavy atom. The first-order valence-corrected chi connectivity index (χ1v) is 7.85. The maximum absolute atomic E-state index is 14.4. The van der Waals surface area contributed by atoms with Crippen molar-refractivity contribution in [2.45, 2.75) is 38.9 Å². The first-order chi connectivity index (χ1) is 10.9. The summed E-state index contributed by atoms with van der Waals surface area (Å²) < 4.78 is 16.5. The molecular weight excluding hydrogens is 293 g/mol. The van der Waals surface area contributed by atoms with Gasteiger partial charge in [0.25, 0.3) is 0 Å². The SMILES string of the molecule is CC(C)(C)NC(=O)N1CCn2cccc2[C@H]1c1ccccc1F. The van der Waals surface area contributed by atoms with Crippen LogP contribution in [-0.2, 0) is 6.54 Å². The van der Waals surface area contributed by atoms with Crippen LogP contribution in [0, 0.1) is 5.82 Å². The highest BCUT2D eigenvalue weighted by Gasteiger charge is 2.34. The molecule has 3 rings (SSSR count). The minimum Gasteiger partial charge on any atom is -0.348 e. The average Bonchev–Trinajstić information content (AvgIpc) is 2.93. The fourth-order valence-electron chi connectivity index (χ4n) is 3.02. The number of carbonyl (C=O) groups excluding carboxylic acids is 1. The van der Waals surface area contributed by atoms with Gasteiger partial charge in [0.1, 0.15) is 11.9 Å². The zero-order valence-corrected chi connectivity index (χ0v) is 13.7. The number of rotatable bonds is 1. The Morgan fingerprint density at radius 3 is 2.61 bits per heavy atom. The Balaban J connectivity index is 2.02. The van der Waals surface area contributed by atoms with E-state index in [1.165, 1.54) is 6.07 Å². The van der Waals surface area contributed by atoms with Gasteiger partial charge in [-0.05, 0) is 39.0 Å². The number of hydrogen-bond acceptors (Lipinski definition) is 1. The van der Waals surface area contributed by atoms with Crippen LogP contribution in [-0.4, -0.2) is 27.6 Å². The molecule has 0 spiro atoms. The second kappa shape index (κ2) is 5.72. The Morgan fingerprint density at radius 2 is 1.91 bits per heavy atom. The van der Waals surface area contributed by atoms with Crippen molar-refractivity contribution in [3.63, 3.8) is 0 Å². The van der Waals surface area contributed by atoms with Crippen LogP contribution in [0.5, 0.6) is 0 Å². The lowest BCUT2D eigenvalue weighted by Crippen LogP contribution is -2.52. The molecule has 5 heteroatoms. The number of nitrogens with zero attached hydrogens (tertiary/aromatic N) is 2. The lowest BCUT2D eigenvalue weighted by Gasteiger charge is -2.39. The van der Waals surface area contributed by atoms with Crippen LogP contribution in [0.1, 0.15) is 38.1 Å². The third-order valence-corrected chi connectivity index (χ3v) is 3.98. The van der Waals surface area contributed by atoms with Gasteiger partial charge in [0.2, 0.25) is 0 Å². The van der Waals surface area contributed by atoms with Crippen LogP contribution in [0.25, 0.3) is 0 Å². The zero-order valence-electron chi connectivity index (χ0n) is 13.7. The first-order valence-electron chi connectivity index (χ1n) is 7.85. The maximum atomic E-state index is 14.4. The van der Waals surface area contributed by atoms with Gasteiger partial charge in [-0.1, -0.05) is 18.2 Å². The van der Waals surface area contributed by atoms with E-state index in [1.54, 1.807) is 23.1 Å². The second-order valence-electron chi connectivity index (χ2n) is 6.92. The Kier molecular flexibility index (Phi) is 3.88. The zero-order chi connectivity index (χ0) is 16.6. The van der Waals surface area contributed by atoms with E-state index in [2.05, 4.69) is 9.88 Å². The number of nitrogens with one attached hydrogen (secondary N) is 1. The van der Waals surface area contributed by atoms with Gasteiger partial charge in [-0.25, -0.2) is 9.18 Å². The molecule has 2 heterocycles. The molecule has 0 radical (unpaired) electrons. The minimum absolute atomic E-state index is 0.168. The summed E-state index contributed by atoms with van der Waals surface area (Å²) >= 11 is 0.